The zero-order chi connectivity index (χ0) is 17.6. The number of ketones is 1. The first kappa shape index (κ1) is 16.0. The lowest BCUT2D eigenvalue weighted by Crippen LogP contribution is -2.47. The molecular formula is C21H22N2O2. The summed E-state index contributed by atoms with van der Waals surface area (Å²) in [5.41, 5.74) is 2.91. The summed E-state index contributed by atoms with van der Waals surface area (Å²) < 4.78 is 0. The lowest BCUT2D eigenvalue weighted by molar-refractivity contribution is 0.0789. The van der Waals surface area contributed by atoms with Gasteiger partial charge < -0.3 is 5.32 Å². The summed E-state index contributed by atoms with van der Waals surface area (Å²) in [6.45, 7) is 6.19. The Morgan fingerprint density at radius 2 is 1.76 bits per heavy atom. The van der Waals surface area contributed by atoms with E-state index in [9.17, 15) is 9.59 Å². The molecule has 1 amide bonds. The number of likely N-dealkylation sites (tertiary alicyclic amines) is 1. The van der Waals surface area contributed by atoms with Gasteiger partial charge in [-0.25, -0.2) is 0 Å². The van der Waals surface area contributed by atoms with Crippen LogP contribution in [-0.2, 0) is 6.54 Å². The van der Waals surface area contributed by atoms with Crippen molar-refractivity contribution >= 4 is 11.7 Å². The standard InChI is InChI=1S/C21H22N2O2/c1-14-7-9-15(10-8-14)11-23-12-18-21(2,13-23)19(24)16-5-3-4-6-17(16)20(25)22-18/h3-10,18H,11-13H2,1-2H3,(H,22,25)/t18-,21+/m1/s1. The van der Waals surface area contributed by atoms with Gasteiger partial charge in [-0.3, -0.25) is 14.5 Å². The number of carbonyl (C=O) groups is 2. The van der Waals surface area contributed by atoms with Crippen LogP contribution in [0.1, 0.15) is 38.8 Å². The molecule has 0 radical (unpaired) electrons. The van der Waals surface area contributed by atoms with Crippen molar-refractivity contribution in [3.8, 4) is 0 Å². The average molecular weight is 334 g/mol. The smallest absolute Gasteiger partial charge is 0.252 e. The SMILES string of the molecule is Cc1ccc(CN2C[C@H]3NC(=O)c4ccccc4C(=O)[C@@]3(C)C2)cc1. The van der Waals surface area contributed by atoms with E-state index in [-0.39, 0.29) is 17.7 Å². The molecule has 25 heavy (non-hydrogen) atoms. The molecule has 2 aliphatic rings. The predicted octanol–water partition coefficient (Wildman–Crippen LogP) is 2.81. The Morgan fingerprint density at radius 3 is 2.48 bits per heavy atom. The Hall–Kier alpha value is -2.46. The highest BCUT2D eigenvalue weighted by Crippen LogP contribution is 2.37. The number of nitrogens with one attached hydrogen (secondary N) is 1. The summed E-state index contributed by atoms with van der Waals surface area (Å²) in [5.74, 6) is -0.0762. The first-order chi connectivity index (χ1) is 12.0. The van der Waals surface area contributed by atoms with Crippen LogP contribution in [0.15, 0.2) is 48.5 Å². The maximum atomic E-state index is 13.2. The van der Waals surface area contributed by atoms with Gasteiger partial charge in [0, 0.05) is 25.2 Å². The topological polar surface area (TPSA) is 49.4 Å². The van der Waals surface area contributed by atoms with Crippen LogP contribution in [0, 0.1) is 12.3 Å². The van der Waals surface area contributed by atoms with Gasteiger partial charge in [0.2, 0.25) is 0 Å². The third-order valence-corrected chi connectivity index (χ3v) is 5.53. The van der Waals surface area contributed by atoms with Crippen LogP contribution in [0.4, 0.5) is 0 Å². The predicted molar refractivity (Wildman–Crippen MR) is 96.6 cm³/mol. The fourth-order valence-corrected chi connectivity index (χ4v) is 4.03. The molecule has 0 aliphatic carbocycles. The van der Waals surface area contributed by atoms with Crippen molar-refractivity contribution in [1.82, 2.24) is 10.2 Å². The zero-order valence-corrected chi connectivity index (χ0v) is 14.6. The molecule has 2 heterocycles. The van der Waals surface area contributed by atoms with Crippen molar-refractivity contribution in [1.29, 1.82) is 0 Å². The van der Waals surface area contributed by atoms with Gasteiger partial charge in [0.15, 0.2) is 5.78 Å². The summed E-state index contributed by atoms with van der Waals surface area (Å²) in [7, 11) is 0. The van der Waals surface area contributed by atoms with E-state index in [1.807, 2.05) is 13.0 Å². The summed E-state index contributed by atoms with van der Waals surface area (Å²) in [6, 6.07) is 15.4. The highest BCUT2D eigenvalue weighted by atomic mass is 16.2. The van der Waals surface area contributed by atoms with Crippen LogP contribution in [0.3, 0.4) is 0 Å². The summed E-state index contributed by atoms with van der Waals surface area (Å²) >= 11 is 0. The lowest BCUT2D eigenvalue weighted by Gasteiger charge is -2.27. The van der Waals surface area contributed by atoms with Gasteiger partial charge in [-0.2, -0.15) is 0 Å². The number of rotatable bonds is 2. The Bertz CT molecular complexity index is 843. The molecule has 2 atom stereocenters. The van der Waals surface area contributed by atoms with Gasteiger partial charge in [0.1, 0.15) is 0 Å². The highest BCUT2D eigenvalue weighted by molar-refractivity contribution is 6.12. The van der Waals surface area contributed by atoms with E-state index < -0.39 is 5.41 Å². The maximum absolute atomic E-state index is 13.2. The number of fused-ring (bicyclic) bond motifs is 2. The zero-order valence-electron chi connectivity index (χ0n) is 14.6. The molecule has 2 aromatic rings. The number of aryl methyl sites for hydroxylation is 1. The Kier molecular flexibility index (Phi) is 3.73. The molecule has 4 heteroatoms. The number of Topliss-reactive ketones (excluding diaryl/α,β-unsaturated/α-hetero) is 1. The van der Waals surface area contributed by atoms with Crippen molar-refractivity contribution in [2.45, 2.75) is 26.4 Å². The monoisotopic (exact) mass is 334 g/mol. The maximum Gasteiger partial charge on any atom is 0.252 e. The summed E-state index contributed by atoms with van der Waals surface area (Å²) in [5, 5.41) is 3.09. The van der Waals surface area contributed by atoms with Gasteiger partial charge in [-0.15, -0.1) is 0 Å². The van der Waals surface area contributed by atoms with Crippen LogP contribution in [0.2, 0.25) is 0 Å². The second kappa shape index (κ2) is 5.81. The minimum Gasteiger partial charge on any atom is -0.347 e. The van der Waals surface area contributed by atoms with Gasteiger partial charge in [0.05, 0.1) is 17.0 Å². The fraction of sp³-hybridized carbons (Fsp3) is 0.333. The second-order valence-corrected chi connectivity index (χ2v) is 7.47. The van der Waals surface area contributed by atoms with E-state index in [2.05, 4.69) is 41.4 Å². The van der Waals surface area contributed by atoms with Crippen molar-refractivity contribution in [2.75, 3.05) is 13.1 Å². The Morgan fingerprint density at radius 1 is 1.08 bits per heavy atom. The molecule has 0 unspecified atom stereocenters. The minimum absolute atomic E-state index is 0.0675. The van der Waals surface area contributed by atoms with Crippen molar-refractivity contribution in [2.24, 2.45) is 5.41 Å². The number of hydrogen-bond acceptors (Lipinski definition) is 3. The molecule has 2 aromatic carbocycles. The van der Waals surface area contributed by atoms with Crippen LogP contribution >= 0.6 is 0 Å². The van der Waals surface area contributed by atoms with E-state index in [1.54, 1.807) is 18.2 Å². The summed E-state index contributed by atoms with van der Waals surface area (Å²) in [6.07, 6.45) is 0. The number of benzene rings is 2. The normalized spacial score (nSPS) is 25.9. The van der Waals surface area contributed by atoms with E-state index in [1.165, 1.54) is 11.1 Å². The molecule has 128 valence electrons. The summed E-state index contributed by atoms with van der Waals surface area (Å²) in [4.78, 5) is 28.0. The van der Waals surface area contributed by atoms with Gasteiger partial charge in [-0.05, 0) is 25.5 Å². The minimum atomic E-state index is -0.590. The molecule has 2 aliphatic heterocycles. The average Bonchev–Trinajstić information content (AvgIpc) is 2.89. The van der Waals surface area contributed by atoms with Gasteiger partial charge in [0.25, 0.3) is 5.91 Å². The molecule has 4 rings (SSSR count). The number of carbonyl (C=O) groups excluding carboxylic acids is 2. The second-order valence-electron chi connectivity index (χ2n) is 7.47. The van der Waals surface area contributed by atoms with Crippen LogP contribution in [0.5, 0.6) is 0 Å². The largest absolute Gasteiger partial charge is 0.347 e. The third kappa shape index (κ3) is 2.67. The van der Waals surface area contributed by atoms with Gasteiger partial charge >= 0.3 is 0 Å². The number of amides is 1. The Labute approximate surface area is 147 Å². The Balaban J connectivity index is 1.62. The third-order valence-electron chi connectivity index (χ3n) is 5.53. The molecule has 1 N–H and O–H groups in total. The molecule has 0 aromatic heterocycles. The number of nitrogens with zero attached hydrogens (tertiary/aromatic N) is 1. The van der Waals surface area contributed by atoms with Crippen LogP contribution in [-0.4, -0.2) is 35.7 Å². The van der Waals surface area contributed by atoms with Crippen molar-refractivity contribution in [3.05, 3.63) is 70.8 Å². The molecule has 0 saturated carbocycles. The molecular weight excluding hydrogens is 312 g/mol. The first-order valence-corrected chi connectivity index (χ1v) is 8.70. The molecule has 4 nitrogen and oxygen atoms in total. The highest BCUT2D eigenvalue weighted by Gasteiger charge is 2.51. The van der Waals surface area contributed by atoms with Crippen molar-refractivity contribution < 1.29 is 9.59 Å². The van der Waals surface area contributed by atoms with E-state index in [4.69, 9.17) is 0 Å². The molecule has 0 bridgehead atoms. The van der Waals surface area contributed by atoms with Crippen molar-refractivity contribution in [3.63, 3.8) is 0 Å². The first-order valence-electron chi connectivity index (χ1n) is 8.70. The van der Waals surface area contributed by atoms with Crippen LogP contribution in [0.25, 0.3) is 0 Å². The molecule has 1 fully saturated rings. The lowest BCUT2D eigenvalue weighted by atomic mass is 9.78. The van der Waals surface area contributed by atoms with E-state index >= 15 is 0 Å². The molecule has 0 spiro atoms. The quantitative estimate of drug-likeness (QED) is 0.919. The van der Waals surface area contributed by atoms with E-state index in [0.29, 0.717) is 24.2 Å². The van der Waals surface area contributed by atoms with Gasteiger partial charge in [-0.1, -0.05) is 48.0 Å². The van der Waals surface area contributed by atoms with E-state index in [0.717, 1.165) is 6.54 Å². The molecule has 1 saturated heterocycles. The number of hydrogen-bond donors (Lipinski definition) is 1. The fourth-order valence-electron chi connectivity index (χ4n) is 4.03. The van der Waals surface area contributed by atoms with Crippen LogP contribution < -0.4 is 5.32 Å².